The van der Waals surface area contributed by atoms with Crippen LogP contribution in [0.1, 0.15) is 26.2 Å². The van der Waals surface area contributed by atoms with Crippen molar-refractivity contribution in [1.29, 1.82) is 0 Å². The molecule has 0 amide bonds. The van der Waals surface area contributed by atoms with Crippen molar-refractivity contribution in [3.8, 4) is 0 Å². The van der Waals surface area contributed by atoms with Gasteiger partial charge in [-0.05, 0) is 12.8 Å². The van der Waals surface area contributed by atoms with E-state index in [1.807, 2.05) is 6.92 Å². The molecule has 0 aliphatic heterocycles. The van der Waals surface area contributed by atoms with E-state index in [2.05, 4.69) is 0 Å². The van der Waals surface area contributed by atoms with Gasteiger partial charge in [-0.15, -0.1) is 0 Å². The number of hydrogen-bond donors (Lipinski definition) is 0. The van der Waals surface area contributed by atoms with Crippen molar-refractivity contribution in [2.24, 2.45) is 0 Å². The Morgan fingerprint density at radius 2 is 2.29 bits per heavy atom. The molecule has 0 N–H and O–H groups in total. The highest BCUT2D eigenvalue weighted by atomic mass is 35.5. The van der Waals surface area contributed by atoms with Crippen molar-refractivity contribution in [1.82, 2.24) is 0 Å². The Kier molecular flexibility index (Phi) is 4.57. The van der Waals surface area contributed by atoms with E-state index in [1.165, 1.54) is 0 Å². The minimum absolute atomic E-state index is 0.609. The van der Waals surface area contributed by atoms with E-state index < -0.39 is 5.56 Å². The Labute approximate surface area is 49.3 Å². The lowest BCUT2D eigenvalue weighted by Crippen LogP contribution is -1.90. The quantitative estimate of drug-likeness (QED) is 0.510. The Balaban J connectivity index is 2.68. The molecule has 1 radical (unpaired) electrons. The molecule has 1 nitrogen and oxygen atoms in total. The molecule has 7 heavy (non-hydrogen) atoms. The zero-order valence-electron chi connectivity index (χ0n) is 4.48. The molecule has 0 saturated carbocycles. The summed E-state index contributed by atoms with van der Waals surface area (Å²) in [5.74, 6) is 0. The molecule has 43 valence electrons. The molecule has 1 unspecified atom stereocenters. The lowest BCUT2D eigenvalue weighted by atomic mass is 10.3. The van der Waals surface area contributed by atoms with E-state index in [0.29, 0.717) is 6.42 Å². The summed E-state index contributed by atoms with van der Waals surface area (Å²) < 4.78 is 0. The third-order valence-corrected chi connectivity index (χ3v) is 1.00. The smallest absolute Gasteiger partial charge is 0.166 e. The van der Waals surface area contributed by atoms with Gasteiger partial charge in [-0.25, -0.2) is 5.11 Å². The molecule has 0 aromatic carbocycles. The van der Waals surface area contributed by atoms with Crippen LogP contribution in [-0.2, 0) is 5.11 Å². The number of alkyl halides is 1. The molecule has 0 aliphatic carbocycles. The van der Waals surface area contributed by atoms with Gasteiger partial charge in [0.15, 0.2) is 5.56 Å². The van der Waals surface area contributed by atoms with Crippen LogP contribution in [0.3, 0.4) is 0 Å². The molecular weight excluding hydrogens is 112 g/mol. The van der Waals surface area contributed by atoms with Gasteiger partial charge >= 0.3 is 0 Å². The number of unbranched alkanes of at least 4 members (excludes halogenated alkanes) is 1. The zero-order chi connectivity index (χ0) is 5.70. The van der Waals surface area contributed by atoms with Crippen LogP contribution in [0.5, 0.6) is 0 Å². The second kappa shape index (κ2) is 4.41. The molecule has 0 fully saturated rings. The van der Waals surface area contributed by atoms with Crippen molar-refractivity contribution < 1.29 is 5.11 Å². The molecule has 0 spiro atoms. The lowest BCUT2D eigenvalue weighted by molar-refractivity contribution is 0.148. The first-order chi connectivity index (χ1) is 3.27. The van der Waals surface area contributed by atoms with Crippen LogP contribution >= 0.6 is 11.6 Å². The summed E-state index contributed by atoms with van der Waals surface area (Å²) in [5.41, 5.74) is -0.875. The van der Waals surface area contributed by atoms with Crippen molar-refractivity contribution in [3.63, 3.8) is 0 Å². The van der Waals surface area contributed by atoms with E-state index in [-0.39, 0.29) is 0 Å². The minimum Gasteiger partial charge on any atom is -0.216 e. The van der Waals surface area contributed by atoms with Gasteiger partial charge < -0.3 is 0 Å². The monoisotopic (exact) mass is 121 g/mol. The molecule has 0 saturated heterocycles. The SMILES string of the molecule is CCCCC([O])Cl. The number of halogens is 1. The van der Waals surface area contributed by atoms with E-state index in [1.54, 1.807) is 0 Å². The summed E-state index contributed by atoms with van der Waals surface area (Å²) in [6.45, 7) is 2.04. The van der Waals surface area contributed by atoms with Crippen molar-refractivity contribution in [3.05, 3.63) is 0 Å². The summed E-state index contributed by atoms with van der Waals surface area (Å²) >= 11 is 5.10. The standard InChI is InChI=1S/C5H10ClO/c1-2-3-4-5(6)7/h5H,2-4H2,1H3. The molecule has 0 aliphatic rings. The highest BCUT2D eigenvalue weighted by Crippen LogP contribution is 2.02. The van der Waals surface area contributed by atoms with Gasteiger partial charge in [-0.2, -0.15) is 0 Å². The Morgan fingerprint density at radius 3 is 2.43 bits per heavy atom. The lowest BCUT2D eigenvalue weighted by Gasteiger charge is -1.93. The molecular formula is C5H10ClO. The van der Waals surface area contributed by atoms with Gasteiger partial charge in [0.25, 0.3) is 0 Å². The normalized spacial score (nSPS) is 14.1. The fourth-order valence-electron chi connectivity index (χ4n) is 0.365. The van der Waals surface area contributed by atoms with Crippen LogP contribution in [0.4, 0.5) is 0 Å². The topological polar surface area (TPSA) is 19.9 Å². The second-order valence-electron chi connectivity index (χ2n) is 1.55. The van der Waals surface area contributed by atoms with Crippen LogP contribution in [-0.4, -0.2) is 5.56 Å². The van der Waals surface area contributed by atoms with Gasteiger partial charge in [0.2, 0.25) is 0 Å². The predicted molar refractivity (Wildman–Crippen MR) is 29.9 cm³/mol. The number of hydrogen-bond acceptors (Lipinski definition) is 0. The first-order valence-corrected chi connectivity index (χ1v) is 3.01. The largest absolute Gasteiger partial charge is 0.216 e. The molecule has 0 bridgehead atoms. The van der Waals surface area contributed by atoms with Crippen LogP contribution in [0.25, 0.3) is 0 Å². The van der Waals surface area contributed by atoms with Crippen LogP contribution in [0.2, 0.25) is 0 Å². The summed E-state index contributed by atoms with van der Waals surface area (Å²) in [7, 11) is 0. The van der Waals surface area contributed by atoms with Gasteiger partial charge in [0.05, 0.1) is 0 Å². The van der Waals surface area contributed by atoms with Crippen LogP contribution < -0.4 is 0 Å². The molecule has 1 atom stereocenters. The summed E-state index contributed by atoms with van der Waals surface area (Å²) in [6, 6.07) is 0. The van der Waals surface area contributed by atoms with Gasteiger partial charge in [0.1, 0.15) is 0 Å². The van der Waals surface area contributed by atoms with Crippen LogP contribution in [0, 0.1) is 0 Å². The molecule has 0 aromatic rings. The molecule has 2 heteroatoms. The van der Waals surface area contributed by atoms with Crippen molar-refractivity contribution in [2.75, 3.05) is 0 Å². The van der Waals surface area contributed by atoms with Crippen LogP contribution in [0.15, 0.2) is 0 Å². The van der Waals surface area contributed by atoms with Gasteiger partial charge in [0, 0.05) is 0 Å². The average Bonchev–Trinajstić information content (AvgIpc) is 1.61. The maximum absolute atomic E-state index is 10.1. The summed E-state index contributed by atoms with van der Waals surface area (Å²) in [4.78, 5) is 0. The van der Waals surface area contributed by atoms with E-state index in [4.69, 9.17) is 11.6 Å². The van der Waals surface area contributed by atoms with Gasteiger partial charge in [-0.3, -0.25) is 0 Å². The first-order valence-electron chi connectivity index (χ1n) is 2.57. The third-order valence-electron chi connectivity index (χ3n) is 0.785. The van der Waals surface area contributed by atoms with Gasteiger partial charge in [-0.1, -0.05) is 24.9 Å². The second-order valence-corrected chi connectivity index (χ2v) is 2.04. The summed E-state index contributed by atoms with van der Waals surface area (Å²) in [6.07, 6.45) is 2.63. The summed E-state index contributed by atoms with van der Waals surface area (Å²) in [5, 5.41) is 10.1. The van der Waals surface area contributed by atoms with Crippen molar-refractivity contribution >= 4 is 11.6 Å². The number of rotatable bonds is 3. The highest BCUT2D eigenvalue weighted by molar-refractivity contribution is 6.19. The fourth-order valence-corrected chi connectivity index (χ4v) is 0.519. The maximum Gasteiger partial charge on any atom is 0.166 e. The fraction of sp³-hybridized carbons (Fsp3) is 1.00. The van der Waals surface area contributed by atoms with Crippen molar-refractivity contribution in [2.45, 2.75) is 31.7 Å². The van der Waals surface area contributed by atoms with E-state index in [0.717, 1.165) is 12.8 Å². The highest BCUT2D eigenvalue weighted by Gasteiger charge is 1.95. The Hall–Kier alpha value is 0.250. The maximum atomic E-state index is 10.1. The third kappa shape index (κ3) is 6.25. The minimum atomic E-state index is -0.875. The zero-order valence-corrected chi connectivity index (χ0v) is 5.24. The first kappa shape index (κ1) is 7.25. The van der Waals surface area contributed by atoms with E-state index >= 15 is 0 Å². The Morgan fingerprint density at radius 1 is 1.71 bits per heavy atom. The average molecular weight is 122 g/mol. The Bertz CT molecular complexity index is 37.1. The molecule has 0 heterocycles. The molecule has 0 aromatic heterocycles. The molecule has 0 rings (SSSR count). The predicted octanol–water partition coefficient (Wildman–Crippen LogP) is 2.17. The van der Waals surface area contributed by atoms with E-state index in [9.17, 15) is 5.11 Å².